The van der Waals surface area contributed by atoms with Crippen LogP contribution in [0.25, 0.3) is 10.9 Å². The zero-order valence-electron chi connectivity index (χ0n) is 11.9. The van der Waals surface area contributed by atoms with Crippen molar-refractivity contribution in [3.8, 4) is 0 Å². The predicted molar refractivity (Wildman–Crippen MR) is 88.6 cm³/mol. The van der Waals surface area contributed by atoms with Gasteiger partial charge in [0.05, 0.1) is 17.3 Å². The van der Waals surface area contributed by atoms with Gasteiger partial charge in [-0.3, -0.25) is 4.98 Å². The Kier molecular flexibility index (Phi) is 3.91. The van der Waals surface area contributed by atoms with Crippen LogP contribution in [0, 0.1) is 6.92 Å². The van der Waals surface area contributed by atoms with Gasteiger partial charge in [-0.15, -0.1) is 0 Å². The van der Waals surface area contributed by atoms with Gasteiger partial charge in [0.2, 0.25) is 0 Å². The number of pyridine rings is 1. The molecule has 21 heavy (non-hydrogen) atoms. The molecule has 2 nitrogen and oxygen atoms in total. The van der Waals surface area contributed by atoms with E-state index in [2.05, 4.69) is 19.1 Å². The van der Waals surface area contributed by atoms with E-state index in [1.807, 2.05) is 42.5 Å². The summed E-state index contributed by atoms with van der Waals surface area (Å²) in [7, 11) is 0. The molecule has 1 atom stereocenters. The maximum atomic E-state index is 6.33. The lowest BCUT2D eigenvalue weighted by molar-refractivity contribution is 0.699. The molecule has 0 aliphatic carbocycles. The molecule has 0 saturated carbocycles. The normalized spacial score (nSPS) is 12.5. The molecule has 3 heteroatoms. The third-order valence-corrected chi connectivity index (χ3v) is 3.90. The number of aryl methyl sites for hydroxylation is 1. The van der Waals surface area contributed by atoms with Gasteiger partial charge in [0.15, 0.2) is 0 Å². The molecule has 1 unspecified atom stereocenters. The van der Waals surface area contributed by atoms with Gasteiger partial charge in [-0.05, 0) is 48.7 Å². The van der Waals surface area contributed by atoms with E-state index in [0.717, 1.165) is 28.2 Å². The van der Waals surface area contributed by atoms with E-state index in [-0.39, 0.29) is 6.04 Å². The molecule has 106 valence electrons. The molecule has 2 aromatic carbocycles. The minimum atomic E-state index is -0.133. The fraction of sp³-hybridized carbons (Fsp3) is 0.167. The third-order valence-electron chi connectivity index (χ3n) is 3.67. The Morgan fingerprint density at radius 2 is 1.90 bits per heavy atom. The largest absolute Gasteiger partial charge is 0.322 e. The van der Waals surface area contributed by atoms with Gasteiger partial charge >= 0.3 is 0 Å². The van der Waals surface area contributed by atoms with E-state index in [1.165, 1.54) is 10.9 Å². The van der Waals surface area contributed by atoms with Crippen LogP contribution in [0.1, 0.15) is 22.9 Å². The quantitative estimate of drug-likeness (QED) is 0.776. The summed E-state index contributed by atoms with van der Waals surface area (Å²) in [5.74, 6) is 0. The van der Waals surface area contributed by atoms with Crippen LogP contribution in [0.4, 0.5) is 0 Å². The average Bonchev–Trinajstić information content (AvgIpc) is 2.47. The summed E-state index contributed by atoms with van der Waals surface area (Å²) in [6.07, 6.45) is 0.728. The molecule has 0 amide bonds. The second-order valence-corrected chi connectivity index (χ2v) is 5.76. The Bertz CT molecular complexity index is 783. The lowest BCUT2D eigenvalue weighted by atomic mass is 10.0. The number of para-hydroxylation sites is 1. The van der Waals surface area contributed by atoms with Crippen molar-refractivity contribution in [1.29, 1.82) is 0 Å². The summed E-state index contributed by atoms with van der Waals surface area (Å²) in [6, 6.07) is 17.9. The average molecular weight is 297 g/mol. The summed E-state index contributed by atoms with van der Waals surface area (Å²) in [6.45, 7) is 2.10. The lowest BCUT2D eigenvalue weighted by Gasteiger charge is -2.14. The van der Waals surface area contributed by atoms with Crippen molar-refractivity contribution in [3.63, 3.8) is 0 Å². The van der Waals surface area contributed by atoms with Crippen LogP contribution in [0.15, 0.2) is 54.6 Å². The second-order valence-electron chi connectivity index (χ2n) is 5.32. The Morgan fingerprint density at radius 3 is 2.71 bits per heavy atom. The van der Waals surface area contributed by atoms with Gasteiger partial charge in [0.25, 0.3) is 0 Å². The third kappa shape index (κ3) is 3.07. The van der Waals surface area contributed by atoms with Gasteiger partial charge in [-0.2, -0.15) is 0 Å². The number of halogens is 1. The van der Waals surface area contributed by atoms with E-state index in [9.17, 15) is 0 Å². The monoisotopic (exact) mass is 296 g/mol. The van der Waals surface area contributed by atoms with E-state index in [4.69, 9.17) is 22.3 Å². The number of nitrogens with two attached hydrogens (primary N) is 1. The lowest BCUT2D eigenvalue weighted by Crippen LogP contribution is -2.15. The number of hydrogen-bond donors (Lipinski definition) is 1. The van der Waals surface area contributed by atoms with Crippen LogP contribution in [0.2, 0.25) is 5.02 Å². The SMILES string of the molecule is Cc1cc(C(N)Cc2cccc(Cl)c2)nc2ccccc12. The van der Waals surface area contributed by atoms with Crippen molar-refractivity contribution in [2.75, 3.05) is 0 Å². The fourth-order valence-electron chi connectivity index (χ4n) is 2.59. The standard InChI is InChI=1S/C18H17ClN2/c1-12-9-18(21-17-8-3-2-7-15(12)17)16(20)11-13-5-4-6-14(19)10-13/h2-10,16H,11,20H2,1H3. The molecule has 0 aliphatic heterocycles. The Balaban J connectivity index is 1.92. The number of benzene rings is 2. The van der Waals surface area contributed by atoms with E-state index in [0.29, 0.717) is 0 Å². The first kappa shape index (κ1) is 14.1. The van der Waals surface area contributed by atoms with E-state index in [1.54, 1.807) is 0 Å². The first-order valence-electron chi connectivity index (χ1n) is 7.00. The van der Waals surface area contributed by atoms with Crippen LogP contribution in [-0.2, 0) is 6.42 Å². The number of nitrogens with zero attached hydrogens (tertiary/aromatic N) is 1. The summed E-state index contributed by atoms with van der Waals surface area (Å²) < 4.78 is 0. The maximum Gasteiger partial charge on any atom is 0.0708 e. The molecule has 1 heterocycles. The van der Waals surface area contributed by atoms with Crippen LogP contribution in [-0.4, -0.2) is 4.98 Å². The topological polar surface area (TPSA) is 38.9 Å². The molecule has 0 saturated heterocycles. The molecule has 0 bridgehead atoms. The molecular formula is C18H17ClN2. The Labute approximate surface area is 129 Å². The van der Waals surface area contributed by atoms with Crippen molar-refractivity contribution >= 4 is 22.5 Å². The number of hydrogen-bond acceptors (Lipinski definition) is 2. The zero-order chi connectivity index (χ0) is 14.8. The van der Waals surface area contributed by atoms with Crippen molar-refractivity contribution in [3.05, 3.63) is 76.4 Å². The molecule has 0 fully saturated rings. The fourth-order valence-corrected chi connectivity index (χ4v) is 2.80. The number of aromatic nitrogens is 1. The minimum Gasteiger partial charge on any atom is -0.322 e. The van der Waals surface area contributed by atoms with Gasteiger partial charge in [0.1, 0.15) is 0 Å². The highest BCUT2D eigenvalue weighted by atomic mass is 35.5. The van der Waals surface area contributed by atoms with E-state index < -0.39 is 0 Å². The highest BCUT2D eigenvalue weighted by Crippen LogP contribution is 2.22. The van der Waals surface area contributed by atoms with Crippen LogP contribution in [0.3, 0.4) is 0 Å². The Morgan fingerprint density at radius 1 is 1.10 bits per heavy atom. The molecule has 0 spiro atoms. The highest BCUT2D eigenvalue weighted by Gasteiger charge is 2.11. The van der Waals surface area contributed by atoms with Gasteiger partial charge in [-0.1, -0.05) is 41.9 Å². The van der Waals surface area contributed by atoms with Crippen LogP contribution < -0.4 is 5.73 Å². The van der Waals surface area contributed by atoms with Gasteiger partial charge in [-0.25, -0.2) is 0 Å². The predicted octanol–water partition coefficient (Wildman–Crippen LogP) is 4.44. The van der Waals surface area contributed by atoms with Crippen LogP contribution in [0.5, 0.6) is 0 Å². The maximum absolute atomic E-state index is 6.33. The molecule has 0 aliphatic rings. The highest BCUT2D eigenvalue weighted by molar-refractivity contribution is 6.30. The van der Waals surface area contributed by atoms with Crippen LogP contribution >= 0.6 is 11.6 Å². The number of fused-ring (bicyclic) bond motifs is 1. The Hall–Kier alpha value is -1.90. The second kappa shape index (κ2) is 5.84. The molecule has 2 N–H and O–H groups in total. The van der Waals surface area contributed by atoms with Gasteiger partial charge in [0, 0.05) is 10.4 Å². The zero-order valence-corrected chi connectivity index (χ0v) is 12.6. The minimum absolute atomic E-state index is 0.133. The summed E-state index contributed by atoms with van der Waals surface area (Å²) in [5, 5.41) is 1.92. The smallest absolute Gasteiger partial charge is 0.0708 e. The number of rotatable bonds is 3. The molecule has 1 aromatic heterocycles. The summed E-state index contributed by atoms with van der Waals surface area (Å²) in [5.41, 5.74) is 10.6. The van der Waals surface area contributed by atoms with Crippen molar-refractivity contribution in [1.82, 2.24) is 4.98 Å². The van der Waals surface area contributed by atoms with Crippen molar-refractivity contribution in [2.45, 2.75) is 19.4 Å². The summed E-state index contributed by atoms with van der Waals surface area (Å²) >= 11 is 6.02. The van der Waals surface area contributed by atoms with Gasteiger partial charge < -0.3 is 5.73 Å². The first-order valence-corrected chi connectivity index (χ1v) is 7.37. The summed E-state index contributed by atoms with van der Waals surface area (Å²) in [4.78, 5) is 4.70. The molecule has 3 rings (SSSR count). The first-order chi connectivity index (χ1) is 10.1. The van der Waals surface area contributed by atoms with E-state index >= 15 is 0 Å². The van der Waals surface area contributed by atoms with Crippen molar-refractivity contribution in [2.24, 2.45) is 5.73 Å². The molecule has 3 aromatic rings. The van der Waals surface area contributed by atoms with Crippen molar-refractivity contribution < 1.29 is 0 Å². The molecule has 0 radical (unpaired) electrons. The molecular weight excluding hydrogens is 280 g/mol.